The second-order valence-corrected chi connectivity index (χ2v) is 4.24. The molecule has 0 spiro atoms. The maximum atomic E-state index is 4.32. The Morgan fingerprint density at radius 1 is 1.46 bits per heavy atom. The Balaban J connectivity index is 2.01. The fourth-order valence-corrected chi connectivity index (χ4v) is 2.70. The summed E-state index contributed by atoms with van der Waals surface area (Å²) in [5.74, 6) is 0.945. The van der Waals surface area contributed by atoms with E-state index >= 15 is 0 Å². The maximum absolute atomic E-state index is 4.32. The van der Waals surface area contributed by atoms with E-state index in [0.29, 0.717) is 0 Å². The molecule has 0 bridgehead atoms. The van der Waals surface area contributed by atoms with E-state index in [0.717, 1.165) is 12.0 Å². The lowest BCUT2D eigenvalue weighted by molar-refractivity contribution is 0.260. The number of hydrogen-bond acceptors (Lipinski definition) is 3. The Morgan fingerprint density at radius 3 is 3.08 bits per heavy atom. The Kier molecular flexibility index (Phi) is 2.54. The van der Waals surface area contributed by atoms with E-state index in [1.165, 1.54) is 37.9 Å². The number of rotatable bonds is 1. The smallest absolute Gasteiger partial charge is 0.0394 e. The number of likely N-dealkylation sites (tertiary alicyclic amines) is 1. The molecule has 13 heavy (non-hydrogen) atoms. The molecule has 1 saturated heterocycles. The Morgan fingerprint density at radius 2 is 2.31 bits per heavy atom. The van der Waals surface area contributed by atoms with Crippen LogP contribution in [0.15, 0.2) is 5.10 Å². The first-order valence-corrected chi connectivity index (χ1v) is 5.23. The first-order chi connectivity index (χ1) is 6.31. The summed E-state index contributed by atoms with van der Waals surface area (Å²) in [6.45, 7) is 1.28. The molecule has 3 heteroatoms. The van der Waals surface area contributed by atoms with Crippen LogP contribution in [0.3, 0.4) is 0 Å². The highest BCUT2D eigenvalue weighted by atomic mass is 15.3. The summed E-state index contributed by atoms with van der Waals surface area (Å²) < 4.78 is 0. The van der Waals surface area contributed by atoms with E-state index in [-0.39, 0.29) is 0 Å². The average Bonchev–Trinajstić information content (AvgIpc) is 2.49. The van der Waals surface area contributed by atoms with Gasteiger partial charge in [0.15, 0.2) is 0 Å². The zero-order chi connectivity index (χ0) is 9.26. The number of nitrogens with one attached hydrogen (secondary N) is 1. The van der Waals surface area contributed by atoms with Crippen LogP contribution in [0.4, 0.5) is 0 Å². The molecule has 74 valence electrons. The van der Waals surface area contributed by atoms with Crippen molar-refractivity contribution in [1.29, 1.82) is 0 Å². The van der Waals surface area contributed by atoms with Crippen molar-refractivity contribution in [3.8, 4) is 0 Å². The third-order valence-electron chi connectivity index (χ3n) is 3.48. The minimum Gasteiger partial charge on any atom is -0.313 e. The summed E-state index contributed by atoms with van der Waals surface area (Å²) in [4.78, 5) is 2.50. The van der Waals surface area contributed by atoms with Crippen molar-refractivity contribution >= 4 is 5.71 Å². The molecule has 0 aromatic carbocycles. The average molecular weight is 181 g/mol. The van der Waals surface area contributed by atoms with E-state index in [1.807, 2.05) is 7.05 Å². The van der Waals surface area contributed by atoms with E-state index in [2.05, 4.69) is 22.5 Å². The molecule has 1 aliphatic carbocycles. The molecule has 0 amide bonds. The zero-order valence-corrected chi connectivity index (χ0v) is 8.58. The van der Waals surface area contributed by atoms with Crippen molar-refractivity contribution in [3.05, 3.63) is 0 Å². The monoisotopic (exact) mass is 181 g/mol. The van der Waals surface area contributed by atoms with Crippen LogP contribution >= 0.6 is 0 Å². The molecule has 0 aromatic rings. The predicted octanol–water partition coefficient (Wildman–Crippen LogP) is 1.07. The minimum absolute atomic E-state index is 0.779. The molecular formula is C10H19N3. The van der Waals surface area contributed by atoms with Gasteiger partial charge in [-0.3, -0.25) is 0 Å². The molecular weight excluding hydrogens is 162 g/mol. The van der Waals surface area contributed by atoms with Gasteiger partial charge in [0.25, 0.3) is 0 Å². The van der Waals surface area contributed by atoms with Crippen LogP contribution in [0.25, 0.3) is 0 Å². The molecule has 1 saturated carbocycles. The van der Waals surface area contributed by atoms with Crippen molar-refractivity contribution in [2.45, 2.75) is 31.7 Å². The summed E-state index contributed by atoms with van der Waals surface area (Å²) in [6, 6.07) is 0.779. The molecule has 2 atom stereocenters. The maximum Gasteiger partial charge on any atom is 0.0394 e. The summed E-state index contributed by atoms with van der Waals surface area (Å²) in [5, 5.41) is 4.32. The van der Waals surface area contributed by atoms with Gasteiger partial charge in [-0.2, -0.15) is 5.10 Å². The molecule has 2 aliphatic rings. The molecule has 2 rings (SSSR count). The van der Waals surface area contributed by atoms with E-state index in [4.69, 9.17) is 0 Å². The Hall–Kier alpha value is -0.570. The van der Waals surface area contributed by atoms with Crippen LogP contribution in [0.1, 0.15) is 25.7 Å². The van der Waals surface area contributed by atoms with Gasteiger partial charge < -0.3 is 10.3 Å². The zero-order valence-electron chi connectivity index (χ0n) is 8.58. The van der Waals surface area contributed by atoms with Crippen LogP contribution in [0.2, 0.25) is 0 Å². The third-order valence-corrected chi connectivity index (χ3v) is 3.48. The fourth-order valence-electron chi connectivity index (χ4n) is 2.70. The number of hydrazone groups is 1. The third kappa shape index (κ3) is 1.70. The lowest BCUT2D eigenvalue weighted by atomic mass is 9.84. The van der Waals surface area contributed by atoms with Crippen LogP contribution in [0.5, 0.6) is 0 Å². The molecule has 0 radical (unpaired) electrons. The van der Waals surface area contributed by atoms with Crippen LogP contribution < -0.4 is 5.43 Å². The lowest BCUT2D eigenvalue weighted by Crippen LogP contribution is -2.35. The number of hydrogen-bond donors (Lipinski definition) is 1. The van der Waals surface area contributed by atoms with Gasteiger partial charge in [-0.25, -0.2) is 0 Å². The molecule has 2 fully saturated rings. The predicted molar refractivity (Wildman–Crippen MR) is 54.9 cm³/mol. The lowest BCUT2D eigenvalue weighted by Gasteiger charge is -2.30. The SMILES string of the molecule is CN/N=C1/CCC2CCN(C)C2C1. The van der Waals surface area contributed by atoms with Crippen molar-refractivity contribution < 1.29 is 0 Å². The van der Waals surface area contributed by atoms with Gasteiger partial charge in [0, 0.05) is 25.2 Å². The highest BCUT2D eigenvalue weighted by molar-refractivity contribution is 5.85. The van der Waals surface area contributed by atoms with Gasteiger partial charge in [0.1, 0.15) is 0 Å². The van der Waals surface area contributed by atoms with Gasteiger partial charge in [-0.1, -0.05) is 0 Å². The molecule has 1 aliphatic heterocycles. The van der Waals surface area contributed by atoms with Crippen molar-refractivity contribution in [2.75, 3.05) is 20.6 Å². The Labute approximate surface area is 80.2 Å². The van der Waals surface area contributed by atoms with Gasteiger partial charge in [-0.05, 0) is 38.8 Å². The number of nitrogens with zero attached hydrogens (tertiary/aromatic N) is 2. The first-order valence-electron chi connectivity index (χ1n) is 5.23. The summed E-state index contributed by atoms with van der Waals surface area (Å²) >= 11 is 0. The van der Waals surface area contributed by atoms with Crippen molar-refractivity contribution in [1.82, 2.24) is 10.3 Å². The standard InChI is InChI=1S/C10H19N3/c1-11-12-9-4-3-8-5-6-13(2)10(8)7-9/h8,10-11H,3-7H2,1-2H3/b12-9-. The Bertz CT molecular complexity index is 212. The van der Waals surface area contributed by atoms with Crippen LogP contribution in [0, 0.1) is 5.92 Å². The second kappa shape index (κ2) is 3.66. The highest BCUT2D eigenvalue weighted by Crippen LogP contribution is 2.33. The van der Waals surface area contributed by atoms with Crippen LogP contribution in [-0.4, -0.2) is 37.3 Å². The van der Waals surface area contributed by atoms with Gasteiger partial charge in [0.2, 0.25) is 0 Å². The summed E-state index contributed by atoms with van der Waals surface area (Å²) in [6.07, 6.45) is 5.13. The van der Waals surface area contributed by atoms with Gasteiger partial charge in [-0.15, -0.1) is 0 Å². The van der Waals surface area contributed by atoms with E-state index in [9.17, 15) is 0 Å². The fraction of sp³-hybridized carbons (Fsp3) is 0.900. The minimum atomic E-state index is 0.779. The van der Waals surface area contributed by atoms with Gasteiger partial charge >= 0.3 is 0 Å². The summed E-state index contributed by atoms with van der Waals surface area (Å²) in [7, 11) is 4.13. The molecule has 3 nitrogen and oxygen atoms in total. The van der Waals surface area contributed by atoms with E-state index < -0.39 is 0 Å². The molecule has 1 heterocycles. The van der Waals surface area contributed by atoms with Crippen molar-refractivity contribution in [2.24, 2.45) is 11.0 Å². The highest BCUT2D eigenvalue weighted by Gasteiger charge is 2.35. The van der Waals surface area contributed by atoms with E-state index in [1.54, 1.807) is 0 Å². The quantitative estimate of drug-likeness (QED) is 0.613. The molecule has 2 unspecified atom stereocenters. The topological polar surface area (TPSA) is 27.6 Å². The van der Waals surface area contributed by atoms with Crippen LogP contribution in [-0.2, 0) is 0 Å². The normalized spacial score (nSPS) is 37.8. The second-order valence-electron chi connectivity index (χ2n) is 4.24. The molecule has 0 aromatic heterocycles. The summed E-state index contributed by atoms with van der Waals surface area (Å²) in [5.41, 5.74) is 4.26. The van der Waals surface area contributed by atoms with Gasteiger partial charge in [0.05, 0.1) is 0 Å². The molecule has 1 N–H and O–H groups in total. The first kappa shape index (κ1) is 9.00. The largest absolute Gasteiger partial charge is 0.313 e. The van der Waals surface area contributed by atoms with Crippen molar-refractivity contribution in [3.63, 3.8) is 0 Å². The number of fused-ring (bicyclic) bond motifs is 1.